The first-order valence-electron chi connectivity index (χ1n) is 23.8. The van der Waals surface area contributed by atoms with Crippen molar-refractivity contribution in [3.63, 3.8) is 0 Å². The number of allylic oxidation sites excluding steroid dienone is 8. The van der Waals surface area contributed by atoms with Crippen molar-refractivity contribution in [2.45, 2.75) is 206 Å². The standard InChI is InChI=1S/C49H90NO8P/c1-6-8-10-12-14-16-17-18-19-20-21-22-23-24-25-26-27-28-29-30-31-32-33-34-36-38-40-42-49(52)58-47(46-57-59(53,54)56-44-43-50(3,4)5)45-55-48(51)41-39-37-35-15-13-11-9-7-2/h8,10,14,16,18-19,21-22,47H,6-7,9,11-13,15,17,20,23-46H2,1-5H3/b10-8-,16-14-,19-18-,22-21-. The average Bonchev–Trinajstić information content (AvgIpc) is 3.19. The van der Waals surface area contributed by atoms with Crippen LogP contribution in [0.25, 0.3) is 0 Å². The van der Waals surface area contributed by atoms with Crippen LogP contribution in [0.2, 0.25) is 0 Å². The first kappa shape index (κ1) is 57.0. The minimum atomic E-state index is -4.62. The lowest BCUT2D eigenvalue weighted by Gasteiger charge is -2.28. The third-order valence-electron chi connectivity index (χ3n) is 10.1. The number of phosphoric ester groups is 1. The van der Waals surface area contributed by atoms with Gasteiger partial charge in [0.1, 0.15) is 19.8 Å². The van der Waals surface area contributed by atoms with E-state index in [0.29, 0.717) is 17.4 Å². The summed E-state index contributed by atoms with van der Waals surface area (Å²) in [6.45, 7) is 4.09. The van der Waals surface area contributed by atoms with E-state index in [1.54, 1.807) is 0 Å². The fourth-order valence-corrected chi connectivity index (χ4v) is 7.14. The highest BCUT2D eigenvalue weighted by Crippen LogP contribution is 2.38. The Kier molecular flexibility index (Phi) is 39.9. The topological polar surface area (TPSA) is 111 Å². The molecule has 59 heavy (non-hydrogen) atoms. The number of carbonyl (C=O) groups is 2. The Morgan fingerprint density at radius 2 is 0.966 bits per heavy atom. The number of esters is 2. The van der Waals surface area contributed by atoms with Gasteiger partial charge in [-0.2, -0.15) is 0 Å². The highest BCUT2D eigenvalue weighted by molar-refractivity contribution is 7.45. The highest BCUT2D eigenvalue weighted by atomic mass is 31.2. The molecule has 0 saturated carbocycles. The molecule has 0 spiro atoms. The van der Waals surface area contributed by atoms with E-state index >= 15 is 0 Å². The molecule has 0 aromatic rings. The molecule has 344 valence electrons. The molecule has 0 aliphatic carbocycles. The van der Waals surface area contributed by atoms with Gasteiger partial charge in [-0.1, -0.05) is 184 Å². The first-order chi connectivity index (χ1) is 28.5. The molecular weight excluding hydrogens is 762 g/mol. The van der Waals surface area contributed by atoms with E-state index in [-0.39, 0.29) is 32.0 Å². The summed E-state index contributed by atoms with van der Waals surface area (Å²) in [6.07, 6.45) is 48.8. The van der Waals surface area contributed by atoms with Crippen molar-refractivity contribution in [3.8, 4) is 0 Å². The number of likely N-dealkylation sites (N-methyl/N-ethyl adjacent to an activating group) is 1. The van der Waals surface area contributed by atoms with E-state index in [1.165, 1.54) is 103 Å². The van der Waals surface area contributed by atoms with Gasteiger partial charge in [-0.3, -0.25) is 14.2 Å². The Labute approximate surface area is 363 Å². The summed E-state index contributed by atoms with van der Waals surface area (Å²) in [5.74, 6) is -0.836. The lowest BCUT2D eigenvalue weighted by Crippen LogP contribution is -2.37. The fourth-order valence-electron chi connectivity index (χ4n) is 6.41. The van der Waals surface area contributed by atoms with Crippen LogP contribution in [0.4, 0.5) is 0 Å². The molecule has 0 amide bonds. The summed E-state index contributed by atoms with van der Waals surface area (Å²) in [4.78, 5) is 37.4. The van der Waals surface area contributed by atoms with Crippen LogP contribution in [0, 0.1) is 0 Å². The molecule has 0 aromatic heterocycles. The smallest absolute Gasteiger partial charge is 0.306 e. The number of hydrogen-bond donors (Lipinski definition) is 0. The molecule has 0 saturated heterocycles. The van der Waals surface area contributed by atoms with Gasteiger partial charge in [0.2, 0.25) is 0 Å². The maximum absolute atomic E-state index is 12.7. The van der Waals surface area contributed by atoms with Crippen LogP contribution >= 0.6 is 7.82 Å². The summed E-state index contributed by atoms with van der Waals surface area (Å²) in [5.41, 5.74) is 0. The molecule has 9 nitrogen and oxygen atoms in total. The SMILES string of the molecule is CC/C=C\C/C=C\C/C=C\C/C=C\CCCCCCCCCCCCCCCCC(=O)OC(COC(=O)CCCCCCCCCC)COP(=O)([O-])OCC[N+](C)(C)C. The molecule has 0 N–H and O–H groups in total. The van der Waals surface area contributed by atoms with Gasteiger partial charge in [0.05, 0.1) is 27.7 Å². The van der Waals surface area contributed by atoms with Gasteiger partial charge < -0.3 is 27.9 Å². The molecule has 0 aliphatic heterocycles. The lowest BCUT2D eigenvalue weighted by molar-refractivity contribution is -0.870. The summed E-state index contributed by atoms with van der Waals surface area (Å²) >= 11 is 0. The number of rotatable bonds is 43. The van der Waals surface area contributed by atoms with Crippen molar-refractivity contribution in [3.05, 3.63) is 48.6 Å². The highest BCUT2D eigenvalue weighted by Gasteiger charge is 2.21. The monoisotopic (exact) mass is 852 g/mol. The maximum Gasteiger partial charge on any atom is 0.306 e. The molecule has 0 aromatic carbocycles. The number of quaternary nitrogens is 1. The average molecular weight is 852 g/mol. The van der Waals surface area contributed by atoms with Crippen LogP contribution in [-0.2, 0) is 32.7 Å². The third-order valence-corrected chi connectivity index (χ3v) is 11.1. The maximum atomic E-state index is 12.7. The Balaban J connectivity index is 4.09. The van der Waals surface area contributed by atoms with Crippen LogP contribution in [0.15, 0.2) is 48.6 Å². The zero-order chi connectivity index (χ0) is 43.6. The summed E-state index contributed by atoms with van der Waals surface area (Å²) in [6, 6.07) is 0. The number of phosphoric acid groups is 1. The van der Waals surface area contributed by atoms with E-state index in [9.17, 15) is 19.0 Å². The molecule has 2 atom stereocenters. The molecule has 0 aliphatic rings. The van der Waals surface area contributed by atoms with Gasteiger partial charge in [-0.25, -0.2) is 0 Å². The minimum Gasteiger partial charge on any atom is -0.756 e. The van der Waals surface area contributed by atoms with Crippen molar-refractivity contribution in [1.82, 2.24) is 0 Å². The second-order valence-electron chi connectivity index (χ2n) is 17.1. The van der Waals surface area contributed by atoms with E-state index in [0.717, 1.165) is 64.2 Å². The van der Waals surface area contributed by atoms with E-state index in [1.807, 2.05) is 21.1 Å². The van der Waals surface area contributed by atoms with Crippen LogP contribution in [0.3, 0.4) is 0 Å². The first-order valence-corrected chi connectivity index (χ1v) is 25.3. The van der Waals surface area contributed by atoms with Gasteiger partial charge in [0.25, 0.3) is 7.82 Å². The van der Waals surface area contributed by atoms with Crippen molar-refractivity contribution in [1.29, 1.82) is 0 Å². The minimum absolute atomic E-state index is 0.0305. The Morgan fingerprint density at radius 1 is 0.542 bits per heavy atom. The molecule has 0 rings (SSSR count). The molecule has 10 heteroatoms. The molecule has 2 unspecified atom stereocenters. The van der Waals surface area contributed by atoms with E-state index in [2.05, 4.69) is 62.5 Å². The van der Waals surface area contributed by atoms with Gasteiger partial charge in [0, 0.05) is 12.8 Å². The summed E-state index contributed by atoms with van der Waals surface area (Å²) in [5, 5.41) is 0. The zero-order valence-corrected chi connectivity index (χ0v) is 39.6. The Hall–Kier alpha value is -2.03. The predicted molar refractivity (Wildman–Crippen MR) is 245 cm³/mol. The molecule has 0 fully saturated rings. The van der Waals surface area contributed by atoms with Crippen LogP contribution < -0.4 is 4.89 Å². The fraction of sp³-hybridized carbons (Fsp3) is 0.796. The lowest BCUT2D eigenvalue weighted by atomic mass is 10.0. The molecular formula is C49H90NO8P. The van der Waals surface area contributed by atoms with E-state index < -0.39 is 26.5 Å². The van der Waals surface area contributed by atoms with Gasteiger partial charge >= 0.3 is 11.9 Å². The number of nitrogens with zero attached hydrogens (tertiary/aromatic N) is 1. The third kappa shape index (κ3) is 45.3. The Bertz CT molecular complexity index is 1150. The number of unbranched alkanes of at least 4 members (excludes halogenated alkanes) is 21. The summed E-state index contributed by atoms with van der Waals surface area (Å²) in [7, 11) is 1.17. The number of ether oxygens (including phenoxy) is 2. The number of hydrogen-bond acceptors (Lipinski definition) is 8. The van der Waals surface area contributed by atoms with Crippen LogP contribution in [-0.4, -0.2) is 70.0 Å². The van der Waals surface area contributed by atoms with Crippen molar-refractivity contribution in [2.75, 3.05) is 47.5 Å². The van der Waals surface area contributed by atoms with Crippen LogP contribution in [0.1, 0.15) is 200 Å². The molecule has 0 heterocycles. The summed E-state index contributed by atoms with van der Waals surface area (Å²) < 4.78 is 33.8. The second kappa shape index (κ2) is 41.3. The van der Waals surface area contributed by atoms with E-state index in [4.69, 9.17) is 18.5 Å². The van der Waals surface area contributed by atoms with Gasteiger partial charge in [-0.15, -0.1) is 0 Å². The van der Waals surface area contributed by atoms with Gasteiger partial charge in [0.15, 0.2) is 6.10 Å². The number of carbonyl (C=O) groups excluding carboxylic acids is 2. The predicted octanol–water partition coefficient (Wildman–Crippen LogP) is 13.2. The Morgan fingerprint density at radius 3 is 1.44 bits per heavy atom. The van der Waals surface area contributed by atoms with Crippen molar-refractivity contribution >= 4 is 19.8 Å². The molecule has 0 radical (unpaired) electrons. The van der Waals surface area contributed by atoms with Crippen molar-refractivity contribution < 1.29 is 42.1 Å². The largest absolute Gasteiger partial charge is 0.756 e. The van der Waals surface area contributed by atoms with Gasteiger partial charge in [-0.05, 0) is 51.4 Å². The molecule has 0 bridgehead atoms. The van der Waals surface area contributed by atoms with Crippen LogP contribution in [0.5, 0.6) is 0 Å². The quantitative estimate of drug-likeness (QED) is 0.0196. The zero-order valence-electron chi connectivity index (χ0n) is 38.7. The second-order valence-corrected chi connectivity index (χ2v) is 18.5. The normalized spacial score (nSPS) is 13.9. The van der Waals surface area contributed by atoms with Crippen molar-refractivity contribution in [2.24, 2.45) is 0 Å².